The maximum atomic E-state index is 6.38. The van der Waals surface area contributed by atoms with Crippen LogP contribution in [0.5, 0.6) is 0 Å². The molecule has 1 saturated heterocycles. The topological polar surface area (TPSA) is 15.3 Å². The molecule has 0 spiro atoms. The van der Waals surface area contributed by atoms with Crippen LogP contribution >= 0.6 is 23.4 Å². The molecule has 2 unspecified atom stereocenters. The molecule has 4 heteroatoms. The Morgan fingerprint density at radius 2 is 2.24 bits per heavy atom. The fourth-order valence-electron chi connectivity index (χ4n) is 2.83. The molecule has 0 aliphatic carbocycles. The minimum Gasteiger partial charge on any atom is -0.310 e. The van der Waals surface area contributed by atoms with E-state index in [1.165, 1.54) is 23.5 Å². The zero-order chi connectivity index (χ0) is 15.1. The summed E-state index contributed by atoms with van der Waals surface area (Å²) in [6.45, 7) is 4.37. The lowest BCUT2D eigenvalue weighted by atomic mass is 10.0. The van der Waals surface area contributed by atoms with Gasteiger partial charge in [-0.1, -0.05) is 36.7 Å². The lowest BCUT2D eigenvalue weighted by Crippen LogP contribution is -2.34. The van der Waals surface area contributed by atoms with Gasteiger partial charge in [0.25, 0.3) is 0 Å². The summed E-state index contributed by atoms with van der Waals surface area (Å²) in [6, 6.07) is 9.35. The van der Waals surface area contributed by atoms with Crippen molar-refractivity contribution in [2.45, 2.75) is 38.3 Å². The van der Waals surface area contributed by atoms with Crippen molar-refractivity contribution in [2.75, 3.05) is 31.6 Å². The fourth-order valence-corrected chi connectivity index (χ4v) is 4.39. The molecule has 21 heavy (non-hydrogen) atoms. The SMILES string of the molecule is CCCNC(CCN(C)C1CCSC1)c1ccccc1Cl. The number of nitrogens with one attached hydrogen (secondary N) is 1. The summed E-state index contributed by atoms with van der Waals surface area (Å²) in [7, 11) is 2.26. The van der Waals surface area contributed by atoms with Crippen LogP contribution in [0.25, 0.3) is 0 Å². The van der Waals surface area contributed by atoms with E-state index in [2.05, 4.69) is 48.1 Å². The largest absolute Gasteiger partial charge is 0.310 e. The highest BCUT2D eigenvalue weighted by atomic mass is 35.5. The molecule has 1 aromatic carbocycles. The third-order valence-corrected chi connectivity index (χ3v) is 5.71. The van der Waals surface area contributed by atoms with Gasteiger partial charge in [-0.15, -0.1) is 0 Å². The molecule has 118 valence electrons. The first-order chi connectivity index (χ1) is 10.2. The Bertz CT molecular complexity index is 421. The van der Waals surface area contributed by atoms with Crippen molar-refractivity contribution in [1.29, 1.82) is 0 Å². The minimum atomic E-state index is 0.357. The lowest BCUT2D eigenvalue weighted by molar-refractivity contribution is 0.247. The van der Waals surface area contributed by atoms with E-state index in [1.807, 2.05) is 12.1 Å². The van der Waals surface area contributed by atoms with Gasteiger partial charge in [-0.05, 0) is 56.8 Å². The van der Waals surface area contributed by atoms with E-state index in [-0.39, 0.29) is 0 Å². The van der Waals surface area contributed by atoms with Crippen LogP contribution in [0.1, 0.15) is 37.8 Å². The molecule has 1 fully saturated rings. The second-order valence-corrected chi connectivity index (χ2v) is 7.37. The Hall–Kier alpha value is -0.220. The smallest absolute Gasteiger partial charge is 0.0453 e. The Morgan fingerprint density at radius 3 is 2.90 bits per heavy atom. The number of halogens is 1. The summed E-state index contributed by atoms with van der Waals surface area (Å²) in [5.41, 5.74) is 1.24. The van der Waals surface area contributed by atoms with Crippen molar-refractivity contribution in [3.8, 4) is 0 Å². The van der Waals surface area contributed by atoms with E-state index in [4.69, 9.17) is 11.6 Å². The maximum Gasteiger partial charge on any atom is 0.0453 e. The van der Waals surface area contributed by atoms with Gasteiger partial charge in [-0.25, -0.2) is 0 Å². The van der Waals surface area contributed by atoms with Crippen LogP contribution in [-0.2, 0) is 0 Å². The van der Waals surface area contributed by atoms with Crippen molar-refractivity contribution in [3.05, 3.63) is 34.9 Å². The summed E-state index contributed by atoms with van der Waals surface area (Å²) in [5, 5.41) is 4.54. The van der Waals surface area contributed by atoms with Gasteiger partial charge in [0.2, 0.25) is 0 Å². The molecule has 0 aromatic heterocycles. The first-order valence-electron chi connectivity index (χ1n) is 7.98. The molecule has 1 aliphatic heterocycles. The van der Waals surface area contributed by atoms with Crippen LogP contribution in [0.2, 0.25) is 5.02 Å². The average Bonchev–Trinajstić information content (AvgIpc) is 3.02. The predicted octanol–water partition coefficient (Wildman–Crippen LogP) is 4.21. The van der Waals surface area contributed by atoms with Crippen molar-refractivity contribution in [1.82, 2.24) is 10.2 Å². The monoisotopic (exact) mass is 326 g/mol. The molecule has 1 aromatic rings. The number of hydrogen-bond acceptors (Lipinski definition) is 3. The van der Waals surface area contributed by atoms with Crippen LogP contribution in [0.15, 0.2) is 24.3 Å². The van der Waals surface area contributed by atoms with Gasteiger partial charge in [-0.2, -0.15) is 11.8 Å². The first-order valence-corrected chi connectivity index (χ1v) is 9.51. The van der Waals surface area contributed by atoms with Gasteiger partial charge in [0.05, 0.1) is 0 Å². The van der Waals surface area contributed by atoms with Crippen molar-refractivity contribution in [3.63, 3.8) is 0 Å². The highest BCUT2D eigenvalue weighted by Gasteiger charge is 2.21. The molecule has 1 aliphatic rings. The van der Waals surface area contributed by atoms with Crippen LogP contribution in [0.3, 0.4) is 0 Å². The molecule has 0 bridgehead atoms. The van der Waals surface area contributed by atoms with Gasteiger partial charge in [-0.3, -0.25) is 0 Å². The second-order valence-electron chi connectivity index (χ2n) is 5.81. The van der Waals surface area contributed by atoms with E-state index < -0.39 is 0 Å². The number of nitrogens with zero attached hydrogens (tertiary/aromatic N) is 1. The molecule has 1 heterocycles. The normalized spacial score (nSPS) is 20.1. The van der Waals surface area contributed by atoms with E-state index in [1.54, 1.807) is 0 Å². The zero-order valence-corrected chi connectivity index (χ0v) is 14.7. The summed E-state index contributed by atoms with van der Waals surface area (Å²) in [6.07, 6.45) is 3.60. The Balaban J connectivity index is 1.94. The quantitative estimate of drug-likeness (QED) is 0.770. The van der Waals surface area contributed by atoms with Crippen molar-refractivity contribution < 1.29 is 0 Å². The van der Waals surface area contributed by atoms with Crippen LogP contribution in [-0.4, -0.2) is 42.6 Å². The summed E-state index contributed by atoms with van der Waals surface area (Å²) < 4.78 is 0. The van der Waals surface area contributed by atoms with E-state index in [9.17, 15) is 0 Å². The highest BCUT2D eigenvalue weighted by Crippen LogP contribution is 2.27. The first kappa shape index (κ1) is 17.1. The molecule has 0 amide bonds. The molecular weight excluding hydrogens is 300 g/mol. The molecule has 1 N–H and O–H groups in total. The zero-order valence-electron chi connectivity index (χ0n) is 13.1. The maximum absolute atomic E-state index is 6.38. The van der Waals surface area contributed by atoms with Gasteiger partial charge < -0.3 is 10.2 Å². The van der Waals surface area contributed by atoms with Gasteiger partial charge in [0.1, 0.15) is 0 Å². The van der Waals surface area contributed by atoms with Crippen molar-refractivity contribution >= 4 is 23.4 Å². The van der Waals surface area contributed by atoms with E-state index >= 15 is 0 Å². The third-order valence-electron chi connectivity index (χ3n) is 4.22. The standard InChI is InChI=1S/C17H27ClN2S/c1-3-10-19-17(15-6-4-5-7-16(15)18)8-11-20(2)14-9-12-21-13-14/h4-7,14,17,19H,3,8-13H2,1-2H3. The van der Waals surface area contributed by atoms with Gasteiger partial charge >= 0.3 is 0 Å². The second kappa shape index (κ2) is 9.04. The van der Waals surface area contributed by atoms with E-state index in [0.717, 1.165) is 37.0 Å². The predicted molar refractivity (Wildman–Crippen MR) is 95.5 cm³/mol. The molecule has 0 saturated carbocycles. The fraction of sp³-hybridized carbons (Fsp3) is 0.647. The molecule has 2 nitrogen and oxygen atoms in total. The Labute approximate surface area is 138 Å². The van der Waals surface area contributed by atoms with Crippen molar-refractivity contribution in [2.24, 2.45) is 0 Å². The number of hydrogen-bond donors (Lipinski definition) is 1. The third kappa shape index (κ3) is 5.17. The lowest BCUT2D eigenvalue weighted by Gasteiger charge is -2.27. The number of benzene rings is 1. The van der Waals surface area contributed by atoms with Crippen LogP contribution < -0.4 is 5.32 Å². The highest BCUT2D eigenvalue weighted by molar-refractivity contribution is 7.99. The molecule has 2 rings (SSSR count). The van der Waals surface area contributed by atoms with Gasteiger partial charge in [0.15, 0.2) is 0 Å². The summed E-state index contributed by atoms with van der Waals surface area (Å²) >= 11 is 8.46. The van der Waals surface area contributed by atoms with E-state index in [0.29, 0.717) is 6.04 Å². The summed E-state index contributed by atoms with van der Waals surface area (Å²) in [5.74, 6) is 2.60. The Morgan fingerprint density at radius 1 is 1.43 bits per heavy atom. The molecule has 2 atom stereocenters. The average molecular weight is 327 g/mol. The minimum absolute atomic E-state index is 0.357. The van der Waals surface area contributed by atoms with Crippen LogP contribution in [0.4, 0.5) is 0 Å². The summed E-state index contributed by atoms with van der Waals surface area (Å²) in [4.78, 5) is 2.53. The molecule has 0 radical (unpaired) electrons. The van der Waals surface area contributed by atoms with Gasteiger partial charge in [0, 0.05) is 22.9 Å². The number of rotatable bonds is 8. The Kier molecular flexibility index (Phi) is 7.38. The molecular formula is C17H27ClN2S. The number of thioether (sulfide) groups is 1. The van der Waals surface area contributed by atoms with Crippen LogP contribution in [0, 0.1) is 0 Å².